The number of hydrogen-bond donors (Lipinski definition) is 0. The van der Waals surface area contributed by atoms with Crippen molar-refractivity contribution in [3.05, 3.63) is 29.8 Å². The molecular weight excluding hydrogens is 368 g/mol. The highest BCUT2D eigenvalue weighted by Gasteiger charge is 2.56. The van der Waals surface area contributed by atoms with E-state index in [1.165, 1.54) is 4.90 Å². The predicted octanol–water partition coefficient (Wildman–Crippen LogP) is 3.04. The van der Waals surface area contributed by atoms with Crippen LogP contribution in [-0.4, -0.2) is 53.8 Å². The van der Waals surface area contributed by atoms with Crippen molar-refractivity contribution in [2.75, 3.05) is 20.2 Å². The van der Waals surface area contributed by atoms with E-state index >= 15 is 0 Å². The minimum Gasteiger partial charge on any atom is -0.497 e. The number of amides is 3. The maximum atomic E-state index is 13.7. The number of benzene rings is 1. The lowest BCUT2D eigenvalue weighted by Crippen LogP contribution is -2.46. The molecule has 2 heterocycles. The van der Waals surface area contributed by atoms with Gasteiger partial charge in [0.2, 0.25) is 17.7 Å². The Labute approximate surface area is 172 Å². The van der Waals surface area contributed by atoms with Crippen LogP contribution in [0.5, 0.6) is 5.75 Å². The van der Waals surface area contributed by atoms with Crippen molar-refractivity contribution in [3.63, 3.8) is 0 Å². The van der Waals surface area contributed by atoms with Crippen LogP contribution in [0.4, 0.5) is 0 Å². The number of ether oxygens (including phenoxy) is 1. The fourth-order valence-corrected chi connectivity index (χ4v) is 5.19. The molecule has 156 valence electrons. The van der Waals surface area contributed by atoms with Crippen molar-refractivity contribution in [3.8, 4) is 5.75 Å². The molecule has 2 saturated heterocycles. The zero-order valence-electron chi connectivity index (χ0n) is 17.2. The molecule has 1 aromatic carbocycles. The number of carbonyl (C=O) groups excluding carboxylic acids is 3. The van der Waals surface area contributed by atoms with E-state index in [0.29, 0.717) is 11.3 Å². The first-order valence-electron chi connectivity index (χ1n) is 10.8. The number of piperidine rings is 1. The van der Waals surface area contributed by atoms with Gasteiger partial charge in [0.15, 0.2) is 0 Å². The van der Waals surface area contributed by atoms with Gasteiger partial charge in [-0.05, 0) is 49.8 Å². The molecule has 1 aliphatic carbocycles. The summed E-state index contributed by atoms with van der Waals surface area (Å²) in [6.07, 6.45) is 7.07. The summed E-state index contributed by atoms with van der Waals surface area (Å²) in [6, 6.07) is 7.30. The Bertz CT molecular complexity index is 796. The summed E-state index contributed by atoms with van der Waals surface area (Å²) in [5.74, 6) is 0.262. The van der Waals surface area contributed by atoms with E-state index in [1.807, 2.05) is 29.2 Å². The van der Waals surface area contributed by atoms with Crippen LogP contribution in [0.3, 0.4) is 0 Å². The number of likely N-dealkylation sites (tertiary alicyclic amines) is 2. The molecule has 1 aromatic rings. The summed E-state index contributed by atoms with van der Waals surface area (Å²) in [7, 11) is 1.58. The van der Waals surface area contributed by atoms with Crippen molar-refractivity contribution < 1.29 is 19.1 Å². The highest BCUT2D eigenvalue weighted by atomic mass is 16.5. The highest BCUT2D eigenvalue weighted by molar-refractivity contribution is 6.11. The molecule has 3 aliphatic rings. The summed E-state index contributed by atoms with van der Waals surface area (Å²) in [6.45, 7) is 1.48. The summed E-state index contributed by atoms with van der Waals surface area (Å²) >= 11 is 0. The molecule has 0 bridgehead atoms. The summed E-state index contributed by atoms with van der Waals surface area (Å²) < 4.78 is 5.36. The Kier molecular flexibility index (Phi) is 5.61. The second-order valence-electron chi connectivity index (χ2n) is 8.62. The SMILES string of the molecule is COc1cccc(C2(CC(=O)N3CCCCC3)CC(=O)N(C3CCCC3)C2=O)c1. The van der Waals surface area contributed by atoms with Gasteiger partial charge in [0, 0.05) is 32.0 Å². The zero-order chi connectivity index (χ0) is 20.4. The highest BCUT2D eigenvalue weighted by Crippen LogP contribution is 2.44. The van der Waals surface area contributed by atoms with Crippen molar-refractivity contribution in [1.82, 2.24) is 9.80 Å². The van der Waals surface area contributed by atoms with E-state index in [1.54, 1.807) is 7.11 Å². The number of nitrogens with zero attached hydrogens (tertiary/aromatic N) is 2. The molecule has 0 radical (unpaired) electrons. The molecular formula is C23H30N2O4. The van der Waals surface area contributed by atoms with Gasteiger partial charge >= 0.3 is 0 Å². The number of carbonyl (C=O) groups is 3. The Morgan fingerprint density at radius 2 is 1.83 bits per heavy atom. The molecule has 1 atom stereocenters. The minimum atomic E-state index is -1.12. The van der Waals surface area contributed by atoms with E-state index < -0.39 is 5.41 Å². The van der Waals surface area contributed by atoms with Crippen molar-refractivity contribution in [1.29, 1.82) is 0 Å². The number of hydrogen-bond acceptors (Lipinski definition) is 4. The van der Waals surface area contributed by atoms with E-state index in [0.717, 1.165) is 58.0 Å². The van der Waals surface area contributed by atoms with Gasteiger partial charge in [-0.3, -0.25) is 19.3 Å². The third-order valence-corrected chi connectivity index (χ3v) is 6.82. The summed E-state index contributed by atoms with van der Waals surface area (Å²) in [5.41, 5.74) is -0.413. The lowest BCUT2D eigenvalue weighted by molar-refractivity contribution is -0.145. The third-order valence-electron chi connectivity index (χ3n) is 6.82. The third kappa shape index (κ3) is 3.65. The molecule has 1 unspecified atom stereocenters. The van der Waals surface area contributed by atoms with Crippen molar-refractivity contribution in [2.45, 2.75) is 69.2 Å². The van der Waals surface area contributed by atoms with Crippen molar-refractivity contribution in [2.24, 2.45) is 0 Å². The van der Waals surface area contributed by atoms with Crippen LogP contribution in [-0.2, 0) is 19.8 Å². The lowest BCUT2D eigenvalue weighted by Gasteiger charge is -2.33. The molecule has 0 N–H and O–H groups in total. The first-order valence-corrected chi connectivity index (χ1v) is 10.8. The molecule has 0 spiro atoms. The Morgan fingerprint density at radius 3 is 2.52 bits per heavy atom. The minimum absolute atomic E-state index is 0.0208. The Balaban J connectivity index is 1.70. The van der Waals surface area contributed by atoms with Crippen molar-refractivity contribution >= 4 is 17.7 Å². The maximum absolute atomic E-state index is 13.7. The first kappa shape index (κ1) is 19.9. The average Bonchev–Trinajstić information content (AvgIpc) is 3.35. The van der Waals surface area contributed by atoms with E-state index in [-0.39, 0.29) is 36.6 Å². The van der Waals surface area contributed by atoms with Crippen LogP contribution < -0.4 is 4.74 Å². The van der Waals surface area contributed by atoms with Gasteiger partial charge in [0.05, 0.1) is 12.5 Å². The molecule has 3 amide bonds. The maximum Gasteiger partial charge on any atom is 0.241 e. The predicted molar refractivity (Wildman–Crippen MR) is 108 cm³/mol. The average molecular weight is 399 g/mol. The zero-order valence-corrected chi connectivity index (χ0v) is 17.2. The molecule has 2 aliphatic heterocycles. The Morgan fingerprint density at radius 1 is 1.10 bits per heavy atom. The largest absolute Gasteiger partial charge is 0.497 e. The fourth-order valence-electron chi connectivity index (χ4n) is 5.19. The Hall–Kier alpha value is -2.37. The van der Waals surface area contributed by atoms with Crippen LogP contribution in [0.15, 0.2) is 24.3 Å². The second-order valence-corrected chi connectivity index (χ2v) is 8.62. The quantitative estimate of drug-likeness (QED) is 0.715. The summed E-state index contributed by atoms with van der Waals surface area (Å²) in [5, 5.41) is 0. The molecule has 29 heavy (non-hydrogen) atoms. The van der Waals surface area contributed by atoms with Gasteiger partial charge < -0.3 is 9.64 Å². The number of methoxy groups -OCH3 is 1. The first-order chi connectivity index (χ1) is 14.0. The normalized spacial score (nSPS) is 25.7. The van der Waals surface area contributed by atoms with Crippen LogP contribution in [0, 0.1) is 0 Å². The van der Waals surface area contributed by atoms with Gasteiger partial charge in [-0.25, -0.2) is 0 Å². The molecule has 0 aromatic heterocycles. The monoisotopic (exact) mass is 398 g/mol. The smallest absolute Gasteiger partial charge is 0.241 e. The van der Waals surface area contributed by atoms with Gasteiger partial charge in [-0.2, -0.15) is 0 Å². The van der Waals surface area contributed by atoms with Gasteiger partial charge in [-0.1, -0.05) is 25.0 Å². The summed E-state index contributed by atoms with van der Waals surface area (Å²) in [4.78, 5) is 43.3. The standard InChI is InChI=1S/C23H30N2O4/c1-29-19-11-7-8-17(14-19)23(15-20(26)24-12-5-2-6-13-24)16-21(27)25(22(23)28)18-9-3-4-10-18/h7-8,11,14,18H,2-6,9-10,12-13,15-16H2,1H3. The number of rotatable bonds is 5. The molecule has 3 fully saturated rings. The van der Waals surface area contributed by atoms with Gasteiger partial charge in [-0.15, -0.1) is 0 Å². The van der Waals surface area contributed by atoms with Crippen LogP contribution >= 0.6 is 0 Å². The van der Waals surface area contributed by atoms with E-state index in [9.17, 15) is 14.4 Å². The number of imide groups is 1. The van der Waals surface area contributed by atoms with Crippen LogP contribution in [0.1, 0.15) is 63.4 Å². The topological polar surface area (TPSA) is 66.9 Å². The van der Waals surface area contributed by atoms with E-state index in [4.69, 9.17) is 4.74 Å². The van der Waals surface area contributed by atoms with Crippen LogP contribution in [0.25, 0.3) is 0 Å². The molecule has 6 nitrogen and oxygen atoms in total. The molecule has 6 heteroatoms. The molecule has 4 rings (SSSR count). The lowest BCUT2D eigenvalue weighted by atomic mass is 9.75. The van der Waals surface area contributed by atoms with Gasteiger partial charge in [0.25, 0.3) is 0 Å². The van der Waals surface area contributed by atoms with Crippen LogP contribution in [0.2, 0.25) is 0 Å². The van der Waals surface area contributed by atoms with E-state index in [2.05, 4.69) is 0 Å². The van der Waals surface area contributed by atoms with Gasteiger partial charge in [0.1, 0.15) is 5.75 Å². The molecule has 1 saturated carbocycles. The second kappa shape index (κ2) is 8.17. The fraction of sp³-hybridized carbons (Fsp3) is 0.609.